The van der Waals surface area contributed by atoms with E-state index in [1.54, 1.807) is 61.5 Å². The number of hydrogen-bond donors (Lipinski definition) is 2. The summed E-state index contributed by atoms with van der Waals surface area (Å²) < 4.78 is 14.3. The summed E-state index contributed by atoms with van der Waals surface area (Å²) in [6.07, 6.45) is 4.85. The third-order valence-corrected chi connectivity index (χ3v) is 5.14. The Balaban J connectivity index is 1.36. The number of furan rings is 1. The molecule has 0 radical (unpaired) electrons. The lowest BCUT2D eigenvalue weighted by molar-refractivity contribution is 0.0941. The lowest BCUT2D eigenvalue weighted by Gasteiger charge is -2.08. The van der Waals surface area contributed by atoms with E-state index in [1.807, 2.05) is 0 Å². The molecule has 11 heteroatoms. The van der Waals surface area contributed by atoms with Crippen LogP contribution >= 0.6 is 0 Å². The van der Waals surface area contributed by atoms with E-state index in [9.17, 15) is 14.4 Å². The number of aryl methyl sites for hydroxylation is 2. The van der Waals surface area contributed by atoms with Crippen molar-refractivity contribution in [3.63, 3.8) is 0 Å². The molecule has 2 N–H and O–H groups in total. The number of benzene rings is 1. The molecule has 180 valence electrons. The highest BCUT2D eigenvalue weighted by Gasteiger charge is 2.21. The van der Waals surface area contributed by atoms with Crippen LogP contribution in [0.2, 0.25) is 0 Å². The quantitative estimate of drug-likeness (QED) is 0.355. The Bertz CT molecular complexity index is 1370. The second kappa shape index (κ2) is 10.1. The number of ether oxygens (including phenoxy) is 1. The second-order valence-electron chi connectivity index (χ2n) is 7.82. The van der Waals surface area contributed by atoms with Crippen molar-refractivity contribution in [2.75, 3.05) is 5.32 Å². The van der Waals surface area contributed by atoms with Gasteiger partial charge in [-0.15, -0.1) is 0 Å². The topological polar surface area (TPSA) is 133 Å². The van der Waals surface area contributed by atoms with Crippen LogP contribution < -0.4 is 15.4 Å². The van der Waals surface area contributed by atoms with E-state index in [0.29, 0.717) is 17.1 Å². The molecule has 0 bridgehead atoms. The van der Waals surface area contributed by atoms with Crippen LogP contribution in [0.15, 0.2) is 59.4 Å². The highest BCUT2D eigenvalue weighted by atomic mass is 16.5. The first kappa shape index (κ1) is 23.5. The number of rotatable bonds is 9. The maximum Gasteiger partial charge on any atom is 0.291 e. The number of carbonyl (C=O) groups excluding carboxylic acids is 3. The maximum atomic E-state index is 12.7. The van der Waals surface area contributed by atoms with Gasteiger partial charge in [-0.2, -0.15) is 10.2 Å². The first-order valence-corrected chi connectivity index (χ1v) is 10.7. The minimum atomic E-state index is -0.531. The smallest absolute Gasteiger partial charge is 0.291 e. The minimum Gasteiger partial charge on any atom is -0.486 e. The third-order valence-electron chi connectivity index (χ3n) is 5.14. The number of carbonyl (C=O) groups is 3. The highest BCUT2D eigenvalue weighted by Crippen LogP contribution is 2.19. The van der Waals surface area contributed by atoms with Crippen LogP contribution in [0.25, 0.3) is 0 Å². The zero-order valence-corrected chi connectivity index (χ0v) is 19.4. The molecular formula is C24H24N6O5. The summed E-state index contributed by atoms with van der Waals surface area (Å²) in [5, 5.41) is 13.6. The van der Waals surface area contributed by atoms with Gasteiger partial charge in [0.05, 0.1) is 18.1 Å². The molecule has 3 heterocycles. The molecule has 4 rings (SSSR count). The molecule has 4 aromatic rings. The van der Waals surface area contributed by atoms with Gasteiger partial charge in [-0.1, -0.05) is 0 Å². The molecule has 0 fully saturated rings. The Morgan fingerprint density at radius 2 is 1.77 bits per heavy atom. The fraction of sp³-hybridized carbons (Fsp3) is 0.208. The normalized spacial score (nSPS) is 10.7. The van der Waals surface area contributed by atoms with Gasteiger partial charge < -0.3 is 19.8 Å². The number of ketones is 1. The number of amides is 2. The van der Waals surface area contributed by atoms with Gasteiger partial charge in [0.1, 0.15) is 23.8 Å². The summed E-state index contributed by atoms with van der Waals surface area (Å²) in [4.78, 5) is 36.8. The zero-order valence-electron chi connectivity index (χ0n) is 19.4. The van der Waals surface area contributed by atoms with Crippen molar-refractivity contribution < 1.29 is 23.5 Å². The van der Waals surface area contributed by atoms with Crippen molar-refractivity contribution >= 4 is 23.3 Å². The maximum absolute atomic E-state index is 12.7. The molecule has 2 amide bonds. The van der Waals surface area contributed by atoms with Crippen molar-refractivity contribution in [3.8, 4) is 5.75 Å². The van der Waals surface area contributed by atoms with Gasteiger partial charge in [0.15, 0.2) is 11.5 Å². The lowest BCUT2D eigenvalue weighted by Crippen LogP contribution is -2.26. The van der Waals surface area contributed by atoms with Gasteiger partial charge in [-0.3, -0.25) is 23.7 Å². The Labute approximate surface area is 200 Å². The SMILES string of the molecule is CC(=O)c1ccc(OCc2ccc(C(=O)Nc3cnn(C)c3C(=O)NCc3cnn(C)c3)o2)cc1. The predicted octanol–water partition coefficient (Wildman–Crippen LogP) is 2.71. The molecule has 0 aliphatic heterocycles. The lowest BCUT2D eigenvalue weighted by atomic mass is 10.1. The molecule has 0 aliphatic rings. The van der Waals surface area contributed by atoms with Crippen molar-refractivity contribution in [3.05, 3.63) is 83.3 Å². The van der Waals surface area contributed by atoms with Crippen LogP contribution in [0.3, 0.4) is 0 Å². The van der Waals surface area contributed by atoms with Crippen molar-refractivity contribution in [2.24, 2.45) is 14.1 Å². The largest absolute Gasteiger partial charge is 0.486 e. The molecule has 1 aromatic carbocycles. The van der Waals surface area contributed by atoms with Crippen LogP contribution in [0.1, 0.15) is 49.6 Å². The molecule has 0 saturated carbocycles. The summed E-state index contributed by atoms with van der Waals surface area (Å²) in [7, 11) is 3.40. The van der Waals surface area contributed by atoms with Crippen LogP contribution in [0, 0.1) is 0 Å². The van der Waals surface area contributed by atoms with Gasteiger partial charge in [0.2, 0.25) is 0 Å². The first-order valence-electron chi connectivity index (χ1n) is 10.7. The van der Waals surface area contributed by atoms with E-state index < -0.39 is 11.8 Å². The Morgan fingerprint density at radius 3 is 2.46 bits per heavy atom. The fourth-order valence-electron chi connectivity index (χ4n) is 3.33. The molecule has 3 aromatic heterocycles. The number of aromatic nitrogens is 4. The van der Waals surface area contributed by atoms with Crippen LogP contribution in [-0.2, 0) is 27.2 Å². The third kappa shape index (κ3) is 5.64. The summed E-state index contributed by atoms with van der Waals surface area (Å²) in [6, 6.07) is 9.89. The van der Waals surface area contributed by atoms with Gasteiger partial charge in [-0.05, 0) is 43.3 Å². The van der Waals surface area contributed by atoms with E-state index >= 15 is 0 Å². The van der Waals surface area contributed by atoms with Crippen LogP contribution in [-0.4, -0.2) is 37.2 Å². The van der Waals surface area contributed by atoms with Gasteiger partial charge in [-0.25, -0.2) is 0 Å². The average molecular weight is 476 g/mol. The number of nitrogens with zero attached hydrogens (tertiary/aromatic N) is 4. The van der Waals surface area contributed by atoms with E-state index in [2.05, 4.69) is 20.8 Å². The van der Waals surface area contributed by atoms with E-state index in [1.165, 1.54) is 23.9 Å². The Morgan fingerprint density at radius 1 is 1.00 bits per heavy atom. The molecule has 0 aliphatic carbocycles. The number of anilines is 1. The summed E-state index contributed by atoms with van der Waals surface area (Å²) >= 11 is 0. The van der Waals surface area contributed by atoms with Crippen molar-refractivity contribution in [1.29, 1.82) is 0 Å². The van der Waals surface area contributed by atoms with Crippen LogP contribution in [0.4, 0.5) is 5.69 Å². The second-order valence-corrected chi connectivity index (χ2v) is 7.82. The minimum absolute atomic E-state index is 0.0269. The molecule has 0 unspecified atom stereocenters. The van der Waals surface area contributed by atoms with Gasteiger partial charge >= 0.3 is 0 Å². The van der Waals surface area contributed by atoms with Gasteiger partial charge in [0, 0.05) is 38.0 Å². The van der Waals surface area contributed by atoms with Gasteiger partial charge in [0.25, 0.3) is 11.8 Å². The van der Waals surface area contributed by atoms with E-state index in [4.69, 9.17) is 9.15 Å². The average Bonchev–Trinajstić information content (AvgIpc) is 3.57. The molecule has 0 spiro atoms. The monoisotopic (exact) mass is 476 g/mol. The Kier molecular flexibility index (Phi) is 6.76. The first-order chi connectivity index (χ1) is 16.8. The van der Waals surface area contributed by atoms with E-state index in [-0.39, 0.29) is 36.1 Å². The molecule has 0 atom stereocenters. The van der Waals surface area contributed by atoms with Crippen molar-refractivity contribution in [2.45, 2.75) is 20.1 Å². The summed E-state index contributed by atoms with van der Waals surface area (Å²) in [6.45, 7) is 1.88. The van der Waals surface area contributed by atoms with E-state index in [0.717, 1.165) is 5.56 Å². The predicted molar refractivity (Wildman–Crippen MR) is 125 cm³/mol. The number of hydrogen-bond acceptors (Lipinski definition) is 7. The molecular weight excluding hydrogens is 452 g/mol. The summed E-state index contributed by atoms with van der Waals surface area (Å²) in [5.41, 5.74) is 1.89. The summed E-state index contributed by atoms with van der Waals surface area (Å²) in [5.74, 6) is 0.105. The molecule has 0 saturated heterocycles. The highest BCUT2D eigenvalue weighted by molar-refractivity contribution is 6.07. The number of Topliss-reactive ketones (excluding diaryl/α,β-unsaturated/α-hetero) is 1. The Hall–Kier alpha value is -4.67. The standard InChI is InChI=1S/C24H24N6O5/c1-15(31)17-4-6-18(7-5-17)34-14-19-8-9-21(35-19)23(32)28-20-12-27-30(3)22(20)24(33)25-10-16-11-26-29(2)13-16/h4-9,11-13H,10,14H2,1-3H3,(H,25,33)(H,28,32). The van der Waals surface area contributed by atoms with Crippen molar-refractivity contribution in [1.82, 2.24) is 24.9 Å². The zero-order chi connectivity index (χ0) is 24.9. The molecule has 35 heavy (non-hydrogen) atoms. The number of nitrogens with one attached hydrogen (secondary N) is 2. The molecule has 11 nitrogen and oxygen atoms in total. The fourth-order valence-corrected chi connectivity index (χ4v) is 3.33. The van der Waals surface area contributed by atoms with Crippen LogP contribution in [0.5, 0.6) is 5.75 Å².